The number of ether oxygens (including phenoxy) is 2. The Balaban J connectivity index is 3.18. The van der Waals surface area contributed by atoms with Crippen LogP contribution < -0.4 is 10.3 Å². The lowest BCUT2D eigenvalue weighted by Gasteiger charge is -2.09. The molecule has 0 radical (unpaired) electrons. The van der Waals surface area contributed by atoms with Gasteiger partial charge in [0.05, 0.1) is 6.61 Å². The molecular formula is C9H11ClN2O5. The lowest BCUT2D eigenvalue weighted by atomic mass is 10.3. The highest BCUT2D eigenvalue weighted by atomic mass is 35.5. The van der Waals surface area contributed by atoms with Gasteiger partial charge in [-0.2, -0.15) is 5.10 Å². The predicted molar refractivity (Wildman–Crippen MR) is 58.8 cm³/mol. The summed E-state index contributed by atoms with van der Waals surface area (Å²) in [5, 5.41) is 12.0. The molecule has 1 rings (SSSR count). The summed E-state index contributed by atoms with van der Waals surface area (Å²) in [6, 6.07) is 0. The molecule has 7 nitrogen and oxygen atoms in total. The molecule has 0 aromatic carbocycles. The van der Waals surface area contributed by atoms with Crippen molar-refractivity contribution in [2.75, 3.05) is 20.3 Å². The Bertz CT molecular complexity index is 485. The number of hydrogen-bond donors (Lipinski definition) is 1. The molecule has 0 unspecified atom stereocenters. The van der Waals surface area contributed by atoms with Crippen LogP contribution in [-0.4, -0.2) is 41.2 Å². The summed E-state index contributed by atoms with van der Waals surface area (Å²) in [6.45, 7) is 0.346. The van der Waals surface area contributed by atoms with Gasteiger partial charge in [0.15, 0.2) is 5.69 Å². The van der Waals surface area contributed by atoms with Gasteiger partial charge in [-0.3, -0.25) is 4.79 Å². The Labute approximate surface area is 102 Å². The molecule has 1 aromatic heterocycles. The Morgan fingerprint density at radius 2 is 2.18 bits per heavy atom. The topological polar surface area (TPSA) is 90.7 Å². The fourth-order valence-electron chi connectivity index (χ4n) is 1.08. The molecule has 0 spiro atoms. The summed E-state index contributed by atoms with van der Waals surface area (Å²) in [5.41, 5.74) is -1.03. The van der Waals surface area contributed by atoms with Gasteiger partial charge in [-0.05, 0) is 0 Å². The van der Waals surface area contributed by atoms with Crippen molar-refractivity contribution in [3.8, 4) is 5.75 Å². The summed E-state index contributed by atoms with van der Waals surface area (Å²) < 4.78 is 10.7. The first-order chi connectivity index (χ1) is 7.99. The minimum atomic E-state index is -1.33. The quantitative estimate of drug-likeness (QED) is 0.760. The van der Waals surface area contributed by atoms with Crippen LogP contribution >= 0.6 is 11.6 Å². The maximum Gasteiger partial charge on any atom is 0.358 e. The van der Waals surface area contributed by atoms with Crippen molar-refractivity contribution in [3.63, 3.8) is 0 Å². The number of carboxylic acids is 1. The third-order valence-electron chi connectivity index (χ3n) is 1.88. The molecule has 94 valence electrons. The first-order valence-electron chi connectivity index (χ1n) is 4.60. The summed E-state index contributed by atoms with van der Waals surface area (Å²) >= 11 is 5.74. The highest BCUT2D eigenvalue weighted by Crippen LogP contribution is 2.22. The van der Waals surface area contributed by atoms with E-state index in [0.29, 0.717) is 0 Å². The fourth-order valence-corrected chi connectivity index (χ4v) is 1.33. The first-order valence-corrected chi connectivity index (χ1v) is 4.98. The Morgan fingerprint density at radius 3 is 2.71 bits per heavy atom. The van der Waals surface area contributed by atoms with Gasteiger partial charge in [0.2, 0.25) is 5.75 Å². The van der Waals surface area contributed by atoms with Gasteiger partial charge in [0.1, 0.15) is 11.6 Å². The molecule has 0 aliphatic rings. The molecule has 0 saturated carbocycles. The Morgan fingerprint density at radius 1 is 1.53 bits per heavy atom. The maximum atomic E-state index is 11.6. The van der Waals surface area contributed by atoms with E-state index >= 15 is 0 Å². The monoisotopic (exact) mass is 262 g/mol. The van der Waals surface area contributed by atoms with E-state index in [0.717, 1.165) is 4.68 Å². The highest BCUT2D eigenvalue weighted by Gasteiger charge is 2.20. The first kappa shape index (κ1) is 13.5. The molecule has 17 heavy (non-hydrogen) atoms. The summed E-state index contributed by atoms with van der Waals surface area (Å²) in [4.78, 5) is 22.4. The number of rotatable bonds is 5. The average molecular weight is 263 g/mol. The molecule has 0 bridgehead atoms. The molecule has 0 fully saturated rings. The van der Waals surface area contributed by atoms with Crippen LogP contribution in [0.5, 0.6) is 5.75 Å². The van der Waals surface area contributed by atoms with Crippen LogP contribution in [0.4, 0.5) is 0 Å². The van der Waals surface area contributed by atoms with E-state index in [9.17, 15) is 9.59 Å². The Kier molecular flexibility index (Phi) is 4.47. The maximum absolute atomic E-state index is 11.6. The van der Waals surface area contributed by atoms with Crippen molar-refractivity contribution in [1.82, 2.24) is 9.78 Å². The smallest absolute Gasteiger partial charge is 0.358 e. The second-order valence-electron chi connectivity index (χ2n) is 3.07. The van der Waals surface area contributed by atoms with Crippen LogP contribution in [0.2, 0.25) is 5.02 Å². The van der Waals surface area contributed by atoms with Crippen molar-refractivity contribution in [3.05, 3.63) is 21.1 Å². The van der Waals surface area contributed by atoms with Gasteiger partial charge in [0.25, 0.3) is 0 Å². The van der Waals surface area contributed by atoms with E-state index in [1.165, 1.54) is 14.2 Å². The van der Waals surface area contributed by atoms with E-state index in [4.69, 9.17) is 26.2 Å². The molecule has 1 heterocycles. The van der Waals surface area contributed by atoms with Gasteiger partial charge in [-0.15, -0.1) is 0 Å². The van der Waals surface area contributed by atoms with Crippen molar-refractivity contribution in [2.24, 2.45) is 7.05 Å². The van der Waals surface area contributed by atoms with E-state index in [1.54, 1.807) is 0 Å². The van der Waals surface area contributed by atoms with Gasteiger partial charge < -0.3 is 14.6 Å². The number of carbonyl (C=O) groups is 1. The van der Waals surface area contributed by atoms with Gasteiger partial charge >= 0.3 is 11.5 Å². The van der Waals surface area contributed by atoms with Crippen LogP contribution in [-0.2, 0) is 11.8 Å². The van der Waals surface area contributed by atoms with Crippen molar-refractivity contribution in [2.45, 2.75) is 0 Å². The van der Waals surface area contributed by atoms with Gasteiger partial charge in [-0.1, -0.05) is 11.6 Å². The second kappa shape index (κ2) is 5.65. The van der Waals surface area contributed by atoms with Crippen molar-refractivity contribution >= 4 is 17.6 Å². The number of methoxy groups -OCH3 is 1. The van der Waals surface area contributed by atoms with Crippen LogP contribution in [0.15, 0.2) is 4.79 Å². The third-order valence-corrected chi connectivity index (χ3v) is 2.23. The summed E-state index contributed by atoms with van der Waals surface area (Å²) in [7, 11) is 2.78. The molecule has 1 aromatic rings. The zero-order chi connectivity index (χ0) is 13.0. The molecule has 0 saturated heterocycles. The molecule has 0 atom stereocenters. The van der Waals surface area contributed by atoms with Crippen LogP contribution in [0.1, 0.15) is 10.5 Å². The van der Waals surface area contributed by atoms with Gasteiger partial charge in [-0.25, -0.2) is 9.48 Å². The number of aryl methyl sites for hydroxylation is 1. The molecule has 0 aliphatic heterocycles. The number of halogens is 1. The molecule has 8 heteroatoms. The van der Waals surface area contributed by atoms with E-state index in [-0.39, 0.29) is 24.0 Å². The number of carboxylic acid groups (broad SMARTS) is 1. The normalized spacial score (nSPS) is 10.3. The lowest BCUT2D eigenvalue weighted by molar-refractivity contribution is 0.0686. The number of hydrogen-bond acceptors (Lipinski definition) is 5. The van der Waals surface area contributed by atoms with Crippen molar-refractivity contribution in [1.29, 1.82) is 0 Å². The standard InChI is InChI=1S/C9H11ClN2O5/c1-12-8(13)7(17-4-3-16-2)5(10)6(11-12)9(14)15/h3-4H2,1-2H3,(H,14,15). The van der Waals surface area contributed by atoms with Crippen LogP contribution in [0.25, 0.3) is 0 Å². The zero-order valence-corrected chi connectivity index (χ0v) is 10.0. The predicted octanol–water partition coefficient (Wildman–Crippen LogP) is 0.157. The number of aromatic nitrogens is 2. The second-order valence-corrected chi connectivity index (χ2v) is 3.44. The van der Waals surface area contributed by atoms with Gasteiger partial charge in [0, 0.05) is 14.2 Å². The third kappa shape index (κ3) is 2.95. The number of nitrogens with zero attached hydrogens (tertiary/aromatic N) is 2. The minimum Gasteiger partial charge on any atom is -0.484 e. The molecular weight excluding hydrogens is 252 g/mol. The molecule has 1 N–H and O–H groups in total. The molecule has 0 aliphatic carbocycles. The SMILES string of the molecule is COCCOc1c(Cl)c(C(=O)O)nn(C)c1=O. The average Bonchev–Trinajstić information content (AvgIpc) is 2.28. The zero-order valence-electron chi connectivity index (χ0n) is 9.27. The van der Waals surface area contributed by atoms with E-state index in [1.807, 2.05) is 0 Å². The highest BCUT2D eigenvalue weighted by molar-refractivity contribution is 6.34. The van der Waals surface area contributed by atoms with Crippen LogP contribution in [0, 0.1) is 0 Å². The Hall–Kier alpha value is -1.60. The lowest BCUT2D eigenvalue weighted by Crippen LogP contribution is -2.26. The number of aromatic carboxylic acids is 1. The summed E-state index contributed by atoms with van der Waals surface area (Å²) in [6.07, 6.45) is 0. The van der Waals surface area contributed by atoms with E-state index in [2.05, 4.69) is 5.10 Å². The van der Waals surface area contributed by atoms with Crippen LogP contribution in [0.3, 0.4) is 0 Å². The fraction of sp³-hybridized carbons (Fsp3) is 0.444. The molecule has 0 amide bonds. The summed E-state index contributed by atoms with van der Waals surface area (Å²) in [5.74, 6) is -1.57. The largest absolute Gasteiger partial charge is 0.484 e. The minimum absolute atomic E-state index is 0.0918. The van der Waals surface area contributed by atoms with Crippen molar-refractivity contribution < 1.29 is 19.4 Å². The van der Waals surface area contributed by atoms with E-state index < -0.39 is 17.2 Å².